The summed E-state index contributed by atoms with van der Waals surface area (Å²) < 4.78 is 0. The lowest BCUT2D eigenvalue weighted by molar-refractivity contribution is -0.116. The summed E-state index contributed by atoms with van der Waals surface area (Å²) in [6.07, 6.45) is 7.34. The summed E-state index contributed by atoms with van der Waals surface area (Å²) in [6.45, 7) is 9.31. The zero-order valence-corrected chi connectivity index (χ0v) is 14.9. The van der Waals surface area contributed by atoms with Crippen LogP contribution in [0.3, 0.4) is 0 Å². The van der Waals surface area contributed by atoms with Crippen LogP contribution in [0.5, 0.6) is 0 Å². The highest BCUT2D eigenvalue weighted by Gasteiger charge is 2.29. The Bertz CT molecular complexity index is 745. The third-order valence-corrected chi connectivity index (χ3v) is 4.67. The van der Waals surface area contributed by atoms with E-state index in [1.165, 1.54) is 11.6 Å². The Morgan fingerprint density at radius 3 is 3.00 bits per heavy atom. The van der Waals surface area contributed by atoms with E-state index in [1.807, 2.05) is 12.4 Å². The summed E-state index contributed by atoms with van der Waals surface area (Å²) in [4.78, 5) is 18.9. The van der Waals surface area contributed by atoms with E-state index in [0.29, 0.717) is 18.0 Å². The minimum atomic E-state index is -0.0962. The van der Waals surface area contributed by atoms with Gasteiger partial charge in [-0.2, -0.15) is 0 Å². The molecule has 2 heterocycles. The van der Waals surface area contributed by atoms with Gasteiger partial charge < -0.3 is 20.9 Å². The van der Waals surface area contributed by atoms with E-state index in [4.69, 9.17) is 0 Å². The average Bonchev–Trinajstić information content (AvgIpc) is 2.96. The Labute approximate surface area is 148 Å². The number of carbonyl (C=O) groups excluding carboxylic acids is 1. The van der Waals surface area contributed by atoms with Crippen molar-refractivity contribution in [3.8, 4) is 0 Å². The smallest absolute Gasteiger partial charge is 0.243 e. The van der Waals surface area contributed by atoms with Gasteiger partial charge in [-0.1, -0.05) is 20.4 Å². The molecule has 134 valence electrons. The number of nitrogens with zero attached hydrogens (tertiary/aromatic N) is 1. The van der Waals surface area contributed by atoms with Crippen LogP contribution in [0.25, 0.3) is 11.0 Å². The van der Waals surface area contributed by atoms with Gasteiger partial charge >= 0.3 is 0 Å². The van der Waals surface area contributed by atoms with E-state index in [9.17, 15) is 4.79 Å². The summed E-state index contributed by atoms with van der Waals surface area (Å²) in [5.74, 6) is 0.442. The maximum absolute atomic E-state index is 11.2. The van der Waals surface area contributed by atoms with Gasteiger partial charge in [0, 0.05) is 36.8 Å². The molecule has 0 bridgehead atoms. The third kappa shape index (κ3) is 4.39. The molecule has 1 aliphatic rings. The fraction of sp³-hybridized carbons (Fsp3) is 0.474. The van der Waals surface area contributed by atoms with Gasteiger partial charge in [0.15, 0.2) is 0 Å². The van der Waals surface area contributed by atoms with Gasteiger partial charge in [0.1, 0.15) is 5.65 Å². The number of pyridine rings is 1. The van der Waals surface area contributed by atoms with Gasteiger partial charge in [-0.05, 0) is 36.5 Å². The first-order chi connectivity index (χ1) is 12.0. The van der Waals surface area contributed by atoms with Gasteiger partial charge in [0.25, 0.3) is 0 Å². The van der Waals surface area contributed by atoms with Crippen molar-refractivity contribution in [1.82, 2.24) is 20.6 Å². The van der Waals surface area contributed by atoms with Crippen LogP contribution in [0.15, 0.2) is 31.1 Å². The predicted octanol–water partition coefficient (Wildman–Crippen LogP) is 2.55. The quantitative estimate of drug-likeness (QED) is 0.556. The van der Waals surface area contributed by atoms with Gasteiger partial charge in [0.2, 0.25) is 5.91 Å². The molecule has 1 fully saturated rings. The number of carbonyl (C=O) groups is 1. The summed E-state index contributed by atoms with van der Waals surface area (Å²) in [6, 6.07) is 3.07. The zero-order valence-electron chi connectivity index (χ0n) is 14.9. The normalized spacial score (nSPS) is 19.6. The summed E-state index contributed by atoms with van der Waals surface area (Å²) >= 11 is 0. The lowest BCUT2D eigenvalue weighted by Gasteiger charge is -2.36. The standard InChI is InChI=1S/C19H27N5O/c1-4-18(25)21-8-13-5-15(6-13)24-16-7-17-14(9-20-12(2)3)10-22-19(17)23-11-16/h4,7,10-13,15,20,24H,1,5-6,8-9H2,2-3H3,(H,21,25)(H,22,23). The van der Waals surface area contributed by atoms with E-state index >= 15 is 0 Å². The van der Waals surface area contributed by atoms with Crippen molar-refractivity contribution in [3.05, 3.63) is 36.7 Å². The monoisotopic (exact) mass is 341 g/mol. The van der Waals surface area contributed by atoms with Crippen LogP contribution in [0.4, 0.5) is 5.69 Å². The molecule has 1 saturated carbocycles. The number of hydrogen-bond donors (Lipinski definition) is 4. The molecule has 3 rings (SSSR count). The molecule has 0 saturated heterocycles. The lowest BCUT2D eigenvalue weighted by atomic mass is 9.80. The van der Waals surface area contributed by atoms with Crippen molar-refractivity contribution < 1.29 is 4.79 Å². The molecule has 0 aromatic carbocycles. The van der Waals surface area contributed by atoms with Crippen LogP contribution in [0, 0.1) is 5.92 Å². The van der Waals surface area contributed by atoms with E-state index in [-0.39, 0.29) is 5.91 Å². The molecule has 2 aromatic heterocycles. The molecule has 0 unspecified atom stereocenters. The average molecular weight is 341 g/mol. The highest BCUT2D eigenvalue weighted by atomic mass is 16.1. The zero-order chi connectivity index (χ0) is 17.8. The predicted molar refractivity (Wildman–Crippen MR) is 101 cm³/mol. The van der Waals surface area contributed by atoms with Gasteiger partial charge in [-0.3, -0.25) is 4.79 Å². The number of anilines is 1. The molecule has 2 aromatic rings. The van der Waals surface area contributed by atoms with Crippen LogP contribution < -0.4 is 16.0 Å². The number of aromatic amines is 1. The first-order valence-electron chi connectivity index (χ1n) is 8.91. The van der Waals surface area contributed by atoms with Crippen LogP contribution in [0.1, 0.15) is 32.3 Å². The summed E-state index contributed by atoms with van der Waals surface area (Å²) in [5, 5.41) is 11.0. The van der Waals surface area contributed by atoms with Crippen molar-refractivity contribution >= 4 is 22.6 Å². The molecule has 1 amide bonds. The SMILES string of the molecule is C=CC(=O)NCC1CC(Nc2cnc3[nH]cc(CNC(C)C)c3c2)C1. The van der Waals surface area contributed by atoms with Gasteiger partial charge in [-0.15, -0.1) is 0 Å². The molecule has 6 nitrogen and oxygen atoms in total. The van der Waals surface area contributed by atoms with E-state index in [0.717, 1.165) is 42.7 Å². The van der Waals surface area contributed by atoms with Crippen LogP contribution in [0.2, 0.25) is 0 Å². The second kappa shape index (κ2) is 7.70. The Balaban J connectivity index is 1.55. The van der Waals surface area contributed by atoms with E-state index in [2.05, 4.69) is 52.4 Å². The minimum absolute atomic E-state index is 0.0962. The van der Waals surface area contributed by atoms with Crippen molar-refractivity contribution in [1.29, 1.82) is 0 Å². The van der Waals surface area contributed by atoms with E-state index < -0.39 is 0 Å². The lowest BCUT2D eigenvalue weighted by Crippen LogP contribution is -2.41. The molecule has 6 heteroatoms. The second-order valence-electron chi connectivity index (χ2n) is 7.10. The van der Waals surface area contributed by atoms with Crippen LogP contribution in [-0.4, -0.2) is 34.5 Å². The van der Waals surface area contributed by atoms with Crippen molar-refractivity contribution in [3.63, 3.8) is 0 Å². The van der Waals surface area contributed by atoms with Gasteiger partial charge in [-0.25, -0.2) is 4.98 Å². The minimum Gasteiger partial charge on any atom is -0.381 e. The molecule has 0 aliphatic heterocycles. The number of amides is 1. The first-order valence-corrected chi connectivity index (χ1v) is 8.91. The van der Waals surface area contributed by atoms with Gasteiger partial charge in [0.05, 0.1) is 11.9 Å². The summed E-state index contributed by atoms with van der Waals surface area (Å²) in [5.41, 5.74) is 3.21. The third-order valence-electron chi connectivity index (χ3n) is 4.67. The summed E-state index contributed by atoms with van der Waals surface area (Å²) in [7, 11) is 0. The second-order valence-corrected chi connectivity index (χ2v) is 7.10. The number of hydrogen-bond acceptors (Lipinski definition) is 4. The number of H-pyrrole nitrogens is 1. The Morgan fingerprint density at radius 2 is 2.28 bits per heavy atom. The van der Waals surface area contributed by atoms with E-state index in [1.54, 1.807) is 0 Å². The molecule has 0 atom stereocenters. The van der Waals surface area contributed by atoms with Crippen molar-refractivity contribution in [2.45, 2.75) is 45.3 Å². The van der Waals surface area contributed by atoms with Crippen molar-refractivity contribution in [2.24, 2.45) is 5.92 Å². The molecule has 25 heavy (non-hydrogen) atoms. The fourth-order valence-electron chi connectivity index (χ4n) is 3.17. The Kier molecular flexibility index (Phi) is 5.38. The number of aromatic nitrogens is 2. The molecule has 0 spiro atoms. The maximum Gasteiger partial charge on any atom is 0.243 e. The van der Waals surface area contributed by atoms with Crippen LogP contribution >= 0.6 is 0 Å². The molecular weight excluding hydrogens is 314 g/mol. The topological polar surface area (TPSA) is 81.8 Å². The molecule has 0 radical (unpaired) electrons. The first kappa shape index (κ1) is 17.5. The Hall–Kier alpha value is -2.34. The highest BCUT2D eigenvalue weighted by Crippen LogP contribution is 2.30. The molecular formula is C19H27N5O. The maximum atomic E-state index is 11.2. The largest absolute Gasteiger partial charge is 0.381 e. The van der Waals surface area contributed by atoms with Crippen molar-refractivity contribution in [2.75, 3.05) is 11.9 Å². The molecule has 4 N–H and O–H groups in total. The van der Waals surface area contributed by atoms with Crippen LogP contribution in [-0.2, 0) is 11.3 Å². The number of fused-ring (bicyclic) bond motifs is 1. The Morgan fingerprint density at radius 1 is 1.48 bits per heavy atom. The fourth-order valence-corrected chi connectivity index (χ4v) is 3.17. The highest BCUT2D eigenvalue weighted by molar-refractivity contribution is 5.86. The number of rotatable bonds is 8. The molecule has 1 aliphatic carbocycles. The number of nitrogens with one attached hydrogen (secondary N) is 4.